The third kappa shape index (κ3) is 2.57. The average Bonchev–Trinajstić information content (AvgIpc) is 2.48. The number of carbonyl (C=O) groups excluding carboxylic acids is 1. The van der Waals surface area contributed by atoms with Crippen LogP contribution in [0.2, 0.25) is 0 Å². The van der Waals surface area contributed by atoms with E-state index < -0.39 is 0 Å². The Balaban J connectivity index is 1.88. The standard InChI is InChI=1S/C17H18N2O2/c1-11-2-5-16(20)15(8-11)17(21)19-7-6-12-3-4-14(18)9-13(12)10-19/h2-5,8-9,20H,6-7,10,18H2,1H3. The van der Waals surface area contributed by atoms with Crippen LogP contribution in [0.4, 0.5) is 5.69 Å². The van der Waals surface area contributed by atoms with E-state index in [1.54, 1.807) is 23.1 Å². The zero-order chi connectivity index (χ0) is 15.0. The lowest BCUT2D eigenvalue weighted by atomic mass is 9.98. The van der Waals surface area contributed by atoms with Gasteiger partial charge in [0.05, 0.1) is 5.56 Å². The summed E-state index contributed by atoms with van der Waals surface area (Å²) >= 11 is 0. The van der Waals surface area contributed by atoms with Crippen LogP contribution < -0.4 is 5.73 Å². The summed E-state index contributed by atoms with van der Waals surface area (Å²) in [5, 5.41) is 9.91. The molecule has 21 heavy (non-hydrogen) atoms. The fraction of sp³-hybridized carbons (Fsp3) is 0.235. The van der Waals surface area contributed by atoms with E-state index in [-0.39, 0.29) is 11.7 Å². The quantitative estimate of drug-likeness (QED) is 0.790. The Bertz CT molecular complexity index is 710. The van der Waals surface area contributed by atoms with Crippen LogP contribution >= 0.6 is 0 Å². The molecule has 0 bridgehead atoms. The molecule has 0 spiro atoms. The Kier molecular flexibility index (Phi) is 3.29. The first-order valence-corrected chi connectivity index (χ1v) is 7.01. The predicted molar refractivity (Wildman–Crippen MR) is 82.1 cm³/mol. The number of fused-ring (bicyclic) bond motifs is 1. The second kappa shape index (κ2) is 5.13. The Morgan fingerprint density at radius 1 is 1.19 bits per heavy atom. The lowest BCUT2D eigenvalue weighted by Crippen LogP contribution is -2.36. The Labute approximate surface area is 123 Å². The highest BCUT2D eigenvalue weighted by Gasteiger charge is 2.23. The van der Waals surface area contributed by atoms with Crippen molar-refractivity contribution in [2.24, 2.45) is 0 Å². The molecule has 0 saturated heterocycles. The van der Waals surface area contributed by atoms with Gasteiger partial charge in [0.1, 0.15) is 5.75 Å². The normalized spacial score (nSPS) is 13.9. The van der Waals surface area contributed by atoms with Crippen LogP contribution in [0.15, 0.2) is 36.4 Å². The minimum atomic E-state index is -0.135. The number of hydrogen-bond acceptors (Lipinski definition) is 3. The summed E-state index contributed by atoms with van der Waals surface area (Å²) in [6.45, 7) is 3.10. The van der Waals surface area contributed by atoms with Gasteiger partial charge in [-0.05, 0) is 48.7 Å². The van der Waals surface area contributed by atoms with Gasteiger partial charge in [0.2, 0.25) is 0 Å². The fourth-order valence-corrected chi connectivity index (χ4v) is 2.74. The molecular formula is C17H18N2O2. The first-order chi connectivity index (χ1) is 10.0. The van der Waals surface area contributed by atoms with Gasteiger partial charge in [0.25, 0.3) is 5.91 Å². The number of aromatic hydroxyl groups is 1. The number of phenols is 1. The number of nitrogens with two attached hydrogens (primary N) is 1. The van der Waals surface area contributed by atoms with Crippen molar-refractivity contribution in [1.82, 2.24) is 4.90 Å². The van der Waals surface area contributed by atoms with Crippen LogP contribution in [0.1, 0.15) is 27.0 Å². The smallest absolute Gasteiger partial charge is 0.257 e. The van der Waals surface area contributed by atoms with Gasteiger partial charge in [0.15, 0.2) is 0 Å². The molecule has 0 fully saturated rings. The number of rotatable bonds is 1. The van der Waals surface area contributed by atoms with Gasteiger partial charge in [-0.1, -0.05) is 17.7 Å². The number of nitrogen functional groups attached to an aromatic ring is 1. The maximum Gasteiger partial charge on any atom is 0.257 e. The van der Waals surface area contributed by atoms with E-state index in [1.165, 1.54) is 5.56 Å². The van der Waals surface area contributed by atoms with Crippen molar-refractivity contribution < 1.29 is 9.90 Å². The summed E-state index contributed by atoms with van der Waals surface area (Å²) in [5.74, 6) is -0.103. The highest BCUT2D eigenvalue weighted by Crippen LogP contribution is 2.25. The molecule has 0 saturated carbocycles. The molecule has 2 aromatic rings. The molecule has 3 rings (SSSR count). The maximum atomic E-state index is 12.6. The number of carbonyl (C=O) groups is 1. The number of amides is 1. The van der Waals surface area contributed by atoms with E-state index >= 15 is 0 Å². The average molecular weight is 282 g/mol. The SMILES string of the molecule is Cc1ccc(O)c(C(=O)N2CCc3ccc(N)cc3C2)c1. The van der Waals surface area contributed by atoms with E-state index in [0.29, 0.717) is 24.3 Å². The van der Waals surface area contributed by atoms with Crippen molar-refractivity contribution in [3.05, 3.63) is 58.7 Å². The largest absolute Gasteiger partial charge is 0.507 e. The van der Waals surface area contributed by atoms with Crippen molar-refractivity contribution in [1.29, 1.82) is 0 Å². The molecule has 1 aliphatic heterocycles. The molecule has 1 aliphatic rings. The minimum absolute atomic E-state index is 0.0315. The number of aryl methyl sites for hydroxylation is 1. The van der Waals surface area contributed by atoms with E-state index in [4.69, 9.17) is 5.73 Å². The molecule has 1 heterocycles. The molecule has 2 aromatic carbocycles. The molecule has 1 amide bonds. The van der Waals surface area contributed by atoms with Crippen molar-refractivity contribution in [2.75, 3.05) is 12.3 Å². The van der Waals surface area contributed by atoms with Crippen LogP contribution in [0.3, 0.4) is 0 Å². The van der Waals surface area contributed by atoms with Crippen molar-refractivity contribution in [3.63, 3.8) is 0 Å². The first kappa shape index (κ1) is 13.5. The van der Waals surface area contributed by atoms with Crippen molar-refractivity contribution in [3.8, 4) is 5.75 Å². The maximum absolute atomic E-state index is 12.6. The summed E-state index contributed by atoms with van der Waals surface area (Å²) in [4.78, 5) is 14.4. The predicted octanol–water partition coefficient (Wildman–Crippen LogP) is 2.48. The fourth-order valence-electron chi connectivity index (χ4n) is 2.74. The second-order valence-corrected chi connectivity index (χ2v) is 5.53. The monoisotopic (exact) mass is 282 g/mol. The molecule has 3 N–H and O–H groups in total. The van der Waals surface area contributed by atoms with Gasteiger partial charge in [-0.3, -0.25) is 4.79 Å². The minimum Gasteiger partial charge on any atom is -0.507 e. The van der Waals surface area contributed by atoms with Gasteiger partial charge in [-0.15, -0.1) is 0 Å². The van der Waals surface area contributed by atoms with E-state index in [1.807, 2.05) is 25.1 Å². The summed E-state index contributed by atoms with van der Waals surface area (Å²) in [6.07, 6.45) is 0.813. The molecule has 0 unspecified atom stereocenters. The molecule has 108 valence electrons. The van der Waals surface area contributed by atoms with Crippen molar-refractivity contribution in [2.45, 2.75) is 19.9 Å². The molecule has 4 nitrogen and oxygen atoms in total. The first-order valence-electron chi connectivity index (χ1n) is 7.01. The Morgan fingerprint density at radius 3 is 2.81 bits per heavy atom. The molecule has 0 aliphatic carbocycles. The summed E-state index contributed by atoms with van der Waals surface area (Å²) < 4.78 is 0. The topological polar surface area (TPSA) is 66.6 Å². The number of anilines is 1. The summed E-state index contributed by atoms with van der Waals surface area (Å²) in [6, 6.07) is 10.9. The zero-order valence-electron chi connectivity index (χ0n) is 12.0. The van der Waals surface area contributed by atoms with Crippen LogP contribution in [0, 0.1) is 6.92 Å². The van der Waals surface area contributed by atoms with Crippen LogP contribution in [0.5, 0.6) is 5.75 Å². The van der Waals surface area contributed by atoms with Gasteiger partial charge < -0.3 is 15.7 Å². The molecule has 4 heteroatoms. The number of hydrogen-bond donors (Lipinski definition) is 2. The summed E-state index contributed by atoms with van der Waals surface area (Å²) in [7, 11) is 0. The van der Waals surface area contributed by atoms with Gasteiger partial charge in [-0.25, -0.2) is 0 Å². The van der Waals surface area contributed by atoms with E-state index in [9.17, 15) is 9.90 Å². The number of phenolic OH excluding ortho intramolecular Hbond substituents is 1. The van der Waals surface area contributed by atoms with E-state index in [0.717, 1.165) is 17.5 Å². The van der Waals surface area contributed by atoms with Crippen LogP contribution in [-0.4, -0.2) is 22.5 Å². The van der Waals surface area contributed by atoms with Crippen LogP contribution in [-0.2, 0) is 13.0 Å². The highest BCUT2D eigenvalue weighted by molar-refractivity contribution is 5.97. The highest BCUT2D eigenvalue weighted by atomic mass is 16.3. The second-order valence-electron chi connectivity index (χ2n) is 5.53. The third-order valence-electron chi connectivity index (χ3n) is 3.91. The Morgan fingerprint density at radius 2 is 2.00 bits per heavy atom. The lowest BCUT2D eigenvalue weighted by Gasteiger charge is -2.29. The van der Waals surface area contributed by atoms with E-state index in [2.05, 4.69) is 0 Å². The van der Waals surface area contributed by atoms with Crippen molar-refractivity contribution >= 4 is 11.6 Å². The van der Waals surface area contributed by atoms with Gasteiger partial charge in [0, 0.05) is 18.8 Å². The number of nitrogens with zero attached hydrogens (tertiary/aromatic N) is 1. The molecule has 0 radical (unpaired) electrons. The zero-order valence-corrected chi connectivity index (χ0v) is 12.0. The van der Waals surface area contributed by atoms with Gasteiger partial charge in [-0.2, -0.15) is 0 Å². The number of benzene rings is 2. The van der Waals surface area contributed by atoms with Crippen LogP contribution in [0.25, 0.3) is 0 Å². The summed E-state index contributed by atoms with van der Waals surface area (Å²) in [5.41, 5.74) is 10.2. The molecule has 0 aromatic heterocycles. The van der Waals surface area contributed by atoms with Gasteiger partial charge >= 0.3 is 0 Å². The lowest BCUT2D eigenvalue weighted by molar-refractivity contribution is 0.0731. The Hall–Kier alpha value is -2.49. The molecule has 0 atom stereocenters. The third-order valence-corrected chi connectivity index (χ3v) is 3.91. The molecular weight excluding hydrogens is 264 g/mol.